The Bertz CT molecular complexity index is 712. The standard InChI is InChI=1S/C20H30N2O3S/c23-20(11-10-17-6-1-2-7-17)21-13-5-15-26(24,25)22-14-12-18-8-3-4-9-19(18)16-22/h3-4,8-9,17H,1-2,5-7,10-16H2,(H,21,23). The van der Waals surface area contributed by atoms with Crippen molar-refractivity contribution in [3.05, 3.63) is 35.4 Å². The molecule has 1 aliphatic heterocycles. The molecule has 1 N–H and O–H groups in total. The molecule has 144 valence electrons. The molecule has 1 fully saturated rings. The number of benzene rings is 1. The molecule has 5 nitrogen and oxygen atoms in total. The van der Waals surface area contributed by atoms with Gasteiger partial charge in [0.2, 0.25) is 15.9 Å². The molecule has 0 aromatic heterocycles. The summed E-state index contributed by atoms with van der Waals surface area (Å²) in [6.45, 7) is 1.45. The van der Waals surface area contributed by atoms with Crippen molar-refractivity contribution in [1.82, 2.24) is 9.62 Å². The Morgan fingerprint density at radius 2 is 1.88 bits per heavy atom. The lowest BCUT2D eigenvalue weighted by Crippen LogP contribution is -2.38. The van der Waals surface area contributed by atoms with Crippen molar-refractivity contribution in [3.63, 3.8) is 0 Å². The molecular weight excluding hydrogens is 348 g/mol. The second-order valence-corrected chi connectivity index (χ2v) is 9.65. The number of nitrogens with zero attached hydrogens (tertiary/aromatic N) is 1. The SMILES string of the molecule is O=C(CCC1CCCC1)NCCCS(=O)(=O)N1CCc2ccccc2C1. The normalized spacial score (nSPS) is 18.6. The van der Waals surface area contributed by atoms with E-state index in [1.165, 1.54) is 31.2 Å². The molecule has 1 aromatic rings. The molecular formula is C20H30N2O3S. The molecule has 1 saturated carbocycles. The number of hydrogen-bond donors (Lipinski definition) is 1. The van der Waals surface area contributed by atoms with Crippen LogP contribution in [-0.2, 0) is 27.8 Å². The van der Waals surface area contributed by atoms with Gasteiger partial charge in [0.05, 0.1) is 5.75 Å². The van der Waals surface area contributed by atoms with Crippen LogP contribution >= 0.6 is 0 Å². The Labute approximate surface area is 157 Å². The fourth-order valence-corrected chi connectivity index (χ4v) is 5.51. The van der Waals surface area contributed by atoms with E-state index >= 15 is 0 Å². The first-order chi connectivity index (χ1) is 12.5. The summed E-state index contributed by atoms with van der Waals surface area (Å²) in [6, 6.07) is 8.02. The minimum Gasteiger partial charge on any atom is -0.356 e. The van der Waals surface area contributed by atoms with Crippen molar-refractivity contribution < 1.29 is 13.2 Å². The smallest absolute Gasteiger partial charge is 0.220 e. The monoisotopic (exact) mass is 378 g/mol. The molecule has 0 spiro atoms. The third-order valence-electron chi connectivity index (χ3n) is 5.64. The van der Waals surface area contributed by atoms with E-state index in [0.29, 0.717) is 38.4 Å². The number of carbonyl (C=O) groups excluding carboxylic acids is 1. The number of fused-ring (bicyclic) bond motifs is 1. The van der Waals surface area contributed by atoms with Crippen LogP contribution in [0.1, 0.15) is 56.1 Å². The maximum atomic E-state index is 12.6. The number of rotatable bonds is 8. The Kier molecular flexibility index (Phi) is 6.70. The summed E-state index contributed by atoms with van der Waals surface area (Å²) in [5.74, 6) is 0.863. The van der Waals surface area contributed by atoms with E-state index < -0.39 is 10.0 Å². The lowest BCUT2D eigenvalue weighted by atomic mass is 10.0. The van der Waals surface area contributed by atoms with Gasteiger partial charge in [0.25, 0.3) is 0 Å². The van der Waals surface area contributed by atoms with E-state index in [4.69, 9.17) is 0 Å². The third kappa shape index (κ3) is 5.30. The van der Waals surface area contributed by atoms with Crippen molar-refractivity contribution >= 4 is 15.9 Å². The summed E-state index contributed by atoms with van der Waals surface area (Å²) in [6.07, 6.45) is 7.88. The van der Waals surface area contributed by atoms with Crippen LogP contribution in [0.25, 0.3) is 0 Å². The zero-order valence-corrected chi connectivity index (χ0v) is 16.3. The van der Waals surface area contributed by atoms with Gasteiger partial charge in [-0.2, -0.15) is 4.31 Å². The summed E-state index contributed by atoms with van der Waals surface area (Å²) in [7, 11) is -3.27. The van der Waals surface area contributed by atoms with Gasteiger partial charge >= 0.3 is 0 Å². The molecule has 6 heteroatoms. The highest BCUT2D eigenvalue weighted by Crippen LogP contribution is 2.28. The van der Waals surface area contributed by atoms with Gasteiger partial charge in [-0.3, -0.25) is 4.79 Å². The van der Waals surface area contributed by atoms with Crippen LogP contribution in [0.5, 0.6) is 0 Å². The number of nitrogens with one attached hydrogen (secondary N) is 1. The third-order valence-corrected chi connectivity index (χ3v) is 7.55. The molecule has 0 atom stereocenters. The Morgan fingerprint density at radius 3 is 2.65 bits per heavy atom. The average Bonchev–Trinajstić information content (AvgIpc) is 3.17. The Morgan fingerprint density at radius 1 is 1.15 bits per heavy atom. The molecule has 1 heterocycles. The largest absolute Gasteiger partial charge is 0.356 e. The summed E-state index contributed by atoms with van der Waals surface area (Å²) >= 11 is 0. The summed E-state index contributed by atoms with van der Waals surface area (Å²) in [5, 5.41) is 2.88. The van der Waals surface area contributed by atoms with Crippen LogP contribution in [0.3, 0.4) is 0 Å². The second-order valence-electron chi connectivity index (χ2n) is 7.56. The molecule has 1 aromatic carbocycles. The van der Waals surface area contributed by atoms with Crippen LogP contribution in [0, 0.1) is 5.92 Å². The van der Waals surface area contributed by atoms with Gasteiger partial charge in [0.1, 0.15) is 0 Å². The topological polar surface area (TPSA) is 66.5 Å². The van der Waals surface area contributed by atoms with Gasteiger partial charge in [-0.05, 0) is 36.3 Å². The highest BCUT2D eigenvalue weighted by Gasteiger charge is 2.26. The van der Waals surface area contributed by atoms with Crippen LogP contribution < -0.4 is 5.32 Å². The predicted molar refractivity (Wildman–Crippen MR) is 103 cm³/mol. The zero-order valence-electron chi connectivity index (χ0n) is 15.5. The zero-order chi connectivity index (χ0) is 18.4. The van der Waals surface area contributed by atoms with Crippen LogP contribution in [0.4, 0.5) is 0 Å². The fraction of sp³-hybridized carbons (Fsp3) is 0.650. The van der Waals surface area contributed by atoms with Crippen molar-refractivity contribution in [2.45, 2.75) is 57.9 Å². The molecule has 3 rings (SSSR count). The van der Waals surface area contributed by atoms with Crippen molar-refractivity contribution in [2.75, 3.05) is 18.8 Å². The number of amides is 1. The van der Waals surface area contributed by atoms with Gasteiger partial charge in [-0.15, -0.1) is 0 Å². The van der Waals surface area contributed by atoms with Crippen molar-refractivity contribution in [2.24, 2.45) is 5.92 Å². The first-order valence-corrected chi connectivity index (χ1v) is 11.5. The number of carbonyl (C=O) groups is 1. The molecule has 1 amide bonds. The molecule has 2 aliphatic rings. The number of hydrogen-bond acceptors (Lipinski definition) is 3. The van der Waals surface area contributed by atoms with Gasteiger partial charge in [0.15, 0.2) is 0 Å². The van der Waals surface area contributed by atoms with E-state index in [9.17, 15) is 13.2 Å². The summed E-state index contributed by atoms with van der Waals surface area (Å²) < 4.78 is 26.7. The van der Waals surface area contributed by atoms with Gasteiger partial charge in [-0.25, -0.2) is 8.42 Å². The quantitative estimate of drug-likeness (QED) is 0.708. The maximum absolute atomic E-state index is 12.6. The van der Waals surface area contributed by atoms with Crippen LogP contribution in [-0.4, -0.2) is 37.5 Å². The highest BCUT2D eigenvalue weighted by atomic mass is 32.2. The molecule has 0 saturated heterocycles. The number of sulfonamides is 1. The van der Waals surface area contributed by atoms with Crippen LogP contribution in [0.2, 0.25) is 0 Å². The van der Waals surface area contributed by atoms with Crippen molar-refractivity contribution in [3.8, 4) is 0 Å². The minimum atomic E-state index is -3.27. The lowest BCUT2D eigenvalue weighted by Gasteiger charge is -2.28. The summed E-state index contributed by atoms with van der Waals surface area (Å²) in [4.78, 5) is 11.9. The molecule has 0 unspecified atom stereocenters. The minimum absolute atomic E-state index is 0.0567. The lowest BCUT2D eigenvalue weighted by molar-refractivity contribution is -0.121. The predicted octanol–water partition coefficient (Wildman–Crippen LogP) is 2.85. The van der Waals surface area contributed by atoms with E-state index in [-0.39, 0.29) is 11.7 Å². The highest BCUT2D eigenvalue weighted by molar-refractivity contribution is 7.89. The second kappa shape index (κ2) is 9.00. The van der Waals surface area contributed by atoms with Gasteiger partial charge < -0.3 is 5.32 Å². The molecule has 1 aliphatic carbocycles. The first-order valence-electron chi connectivity index (χ1n) is 9.86. The van der Waals surface area contributed by atoms with Crippen molar-refractivity contribution in [1.29, 1.82) is 0 Å². The van der Waals surface area contributed by atoms with Gasteiger partial charge in [0, 0.05) is 26.1 Å². The average molecular weight is 379 g/mol. The summed E-state index contributed by atoms with van der Waals surface area (Å²) in [5.41, 5.74) is 2.34. The van der Waals surface area contributed by atoms with E-state index in [1.807, 2.05) is 18.2 Å². The molecule has 0 radical (unpaired) electrons. The van der Waals surface area contributed by atoms with Crippen LogP contribution in [0.15, 0.2) is 24.3 Å². The Balaban J connectivity index is 1.36. The fourth-order valence-electron chi connectivity index (χ4n) is 4.04. The van der Waals surface area contributed by atoms with E-state index in [2.05, 4.69) is 11.4 Å². The Hall–Kier alpha value is -1.40. The van der Waals surface area contributed by atoms with Gasteiger partial charge in [-0.1, -0.05) is 49.9 Å². The maximum Gasteiger partial charge on any atom is 0.220 e. The molecule has 0 bridgehead atoms. The molecule has 26 heavy (non-hydrogen) atoms. The first kappa shape index (κ1) is 19.4. The van der Waals surface area contributed by atoms with E-state index in [1.54, 1.807) is 4.31 Å². The van der Waals surface area contributed by atoms with E-state index in [0.717, 1.165) is 18.4 Å².